The van der Waals surface area contributed by atoms with Gasteiger partial charge < -0.3 is 20.8 Å². The molecule has 176 valence electrons. The number of primary amides is 1. The maximum Gasteiger partial charge on any atom is 0.290 e. The number of hydrogen-bond donors (Lipinski definition) is 3. The van der Waals surface area contributed by atoms with Gasteiger partial charge in [0, 0.05) is 19.9 Å². The number of amides is 2. The van der Waals surface area contributed by atoms with Crippen LogP contribution in [0.1, 0.15) is 50.6 Å². The van der Waals surface area contributed by atoms with Gasteiger partial charge in [-0.05, 0) is 55.4 Å². The Bertz CT molecular complexity index is 928. The molecule has 1 aromatic rings. The van der Waals surface area contributed by atoms with Crippen molar-refractivity contribution in [2.45, 2.75) is 63.6 Å². The zero-order valence-corrected chi connectivity index (χ0v) is 18.0. The summed E-state index contributed by atoms with van der Waals surface area (Å²) in [6.07, 6.45) is 3.53. The van der Waals surface area contributed by atoms with Crippen LogP contribution >= 0.6 is 0 Å². The SMILES string of the molecule is CC(F)(F)c1coc(CC23CCC(C(C(=O)N[C@@H]4CCNC[C@H]4F)C2C(N)=O)C32CC2)n1. The molecule has 7 nitrogen and oxygen atoms in total. The van der Waals surface area contributed by atoms with Crippen LogP contribution in [0.25, 0.3) is 0 Å². The molecule has 4 N–H and O–H groups in total. The second kappa shape index (κ2) is 7.20. The lowest BCUT2D eigenvalue weighted by Gasteiger charge is -2.38. The number of alkyl halides is 3. The van der Waals surface area contributed by atoms with E-state index in [2.05, 4.69) is 15.6 Å². The number of nitrogens with two attached hydrogens (primary N) is 1. The van der Waals surface area contributed by atoms with Crippen LogP contribution in [-0.4, -0.2) is 42.1 Å². The molecular weight excluding hydrogens is 425 g/mol. The highest BCUT2D eigenvalue weighted by atomic mass is 19.3. The number of carbonyl (C=O) groups excluding carboxylic acids is 2. The molecule has 2 heterocycles. The van der Waals surface area contributed by atoms with E-state index in [-0.39, 0.29) is 36.1 Å². The highest BCUT2D eigenvalue weighted by Crippen LogP contribution is 2.81. The summed E-state index contributed by atoms with van der Waals surface area (Å²) in [5, 5.41) is 5.81. The Labute approximate surface area is 184 Å². The first kappa shape index (κ1) is 21.7. The normalized spacial score (nSPS) is 37.6. The molecule has 1 saturated heterocycles. The number of hydrogen-bond acceptors (Lipinski definition) is 5. The number of nitrogens with zero attached hydrogens (tertiary/aromatic N) is 1. The third-order valence-corrected chi connectivity index (χ3v) is 8.59. The molecule has 4 aliphatic rings. The van der Waals surface area contributed by atoms with Gasteiger partial charge in [0.15, 0.2) is 5.89 Å². The zero-order valence-electron chi connectivity index (χ0n) is 18.0. The first-order valence-corrected chi connectivity index (χ1v) is 11.4. The molecule has 10 heteroatoms. The summed E-state index contributed by atoms with van der Waals surface area (Å²) in [6, 6.07) is -0.594. The van der Waals surface area contributed by atoms with Crippen molar-refractivity contribution in [3.05, 3.63) is 17.8 Å². The molecule has 1 spiro atoms. The predicted octanol–water partition coefficient (Wildman–Crippen LogP) is 2.05. The largest absolute Gasteiger partial charge is 0.448 e. The molecule has 3 aliphatic carbocycles. The monoisotopic (exact) mass is 454 g/mol. The van der Waals surface area contributed by atoms with Crippen LogP contribution in [0.2, 0.25) is 0 Å². The van der Waals surface area contributed by atoms with E-state index < -0.39 is 47.0 Å². The van der Waals surface area contributed by atoms with Gasteiger partial charge in [-0.2, -0.15) is 8.78 Å². The molecule has 6 atom stereocenters. The Balaban J connectivity index is 1.45. The van der Waals surface area contributed by atoms with E-state index in [4.69, 9.17) is 10.2 Å². The van der Waals surface area contributed by atoms with E-state index in [0.29, 0.717) is 19.4 Å². The molecule has 2 amide bonds. The van der Waals surface area contributed by atoms with Gasteiger partial charge in [0.05, 0.1) is 17.9 Å². The molecule has 4 fully saturated rings. The maximum absolute atomic E-state index is 14.3. The zero-order chi connectivity index (χ0) is 22.9. The Morgan fingerprint density at radius 1 is 1.34 bits per heavy atom. The Morgan fingerprint density at radius 3 is 2.69 bits per heavy atom. The molecular formula is C22H29F3N4O3. The second-order valence-corrected chi connectivity index (χ2v) is 10.2. The van der Waals surface area contributed by atoms with Gasteiger partial charge in [0.2, 0.25) is 11.8 Å². The lowest BCUT2D eigenvalue weighted by atomic mass is 9.65. The first-order valence-electron chi connectivity index (χ1n) is 11.4. The van der Waals surface area contributed by atoms with Crippen LogP contribution in [-0.2, 0) is 21.9 Å². The van der Waals surface area contributed by atoms with E-state index in [9.17, 15) is 22.8 Å². The number of carbonyl (C=O) groups is 2. The highest BCUT2D eigenvalue weighted by molar-refractivity contribution is 5.89. The standard InChI is InChI=1S/C22H29F3N4O3/c1-20(24,25)14-10-32-15(29-14)8-22-4-2-11(21(22)5-6-21)16(17(22)18(26)30)19(31)28-13-3-7-27-9-12(13)23/h10-13,16-17,27H,2-9H2,1H3,(H2,26,30)(H,28,31)/t11?,12-,13-,16?,17?,22?/m1/s1. The highest BCUT2D eigenvalue weighted by Gasteiger charge is 2.79. The van der Waals surface area contributed by atoms with Crippen LogP contribution in [0.3, 0.4) is 0 Å². The van der Waals surface area contributed by atoms with Crippen LogP contribution in [0.15, 0.2) is 10.7 Å². The third-order valence-electron chi connectivity index (χ3n) is 8.59. The molecule has 3 saturated carbocycles. The van der Waals surface area contributed by atoms with E-state index in [1.165, 1.54) is 0 Å². The minimum atomic E-state index is -3.13. The molecule has 2 bridgehead atoms. The Morgan fingerprint density at radius 2 is 2.09 bits per heavy atom. The van der Waals surface area contributed by atoms with Crippen molar-refractivity contribution in [1.29, 1.82) is 0 Å². The summed E-state index contributed by atoms with van der Waals surface area (Å²) >= 11 is 0. The molecule has 5 rings (SSSR count). The van der Waals surface area contributed by atoms with Gasteiger partial charge in [0.1, 0.15) is 18.1 Å². The average molecular weight is 454 g/mol. The van der Waals surface area contributed by atoms with E-state index in [1.54, 1.807) is 0 Å². The van der Waals surface area contributed by atoms with Gasteiger partial charge in [-0.1, -0.05) is 0 Å². The van der Waals surface area contributed by atoms with Crippen molar-refractivity contribution >= 4 is 11.8 Å². The van der Waals surface area contributed by atoms with Gasteiger partial charge in [-0.25, -0.2) is 9.37 Å². The van der Waals surface area contributed by atoms with Crippen molar-refractivity contribution in [3.8, 4) is 0 Å². The summed E-state index contributed by atoms with van der Waals surface area (Å²) in [7, 11) is 0. The number of piperidine rings is 1. The van der Waals surface area contributed by atoms with Gasteiger partial charge >= 0.3 is 0 Å². The fraction of sp³-hybridized carbons (Fsp3) is 0.773. The fourth-order valence-electron chi connectivity index (χ4n) is 7.16. The first-order chi connectivity index (χ1) is 15.1. The Kier molecular flexibility index (Phi) is 4.89. The van der Waals surface area contributed by atoms with E-state index in [0.717, 1.165) is 32.4 Å². The van der Waals surface area contributed by atoms with Gasteiger partial charge in [0.25, 0.3) is 5.92 Å². The number of nitrogens with one attached hydrogen (secondary N) is 2. The summed E-state index contributed by atoms with van der Waals surface area (Å²) < 4.78 is 47.0. The molecule has 0 radical (unpaired) electrons. The minimum absolute atomic E-state index is 0.0400. The molecule has 1 aromatic heterocycles. The van der Waals surface area contributed by atoms with E-state index >= 15 is 0 Å². The number of oxazole rings is 1. The Hall–Kier alpha value is -2.10. The number of halogens is 3. The van der Waals surface area contributed by atoms with Crippen molar-refractivity contribution in [2.75, 3.05) is 13.1 Å². The average Bonchev–Trinajstić information content (AvgIpc) is 3.22. The maximum atomic E-state index is 14.3. The van der Waals surface area contributed by atoms with Gasteiger partial charge in [-0.3, -0.25) is 9.59 Å². The van der Waals surface area contributed by atoms with Crippen molar-refractivity contribution < 1.29 is 27.2 Å². The van der Waals surface area contributed by atoms with E-state index in [1.807, 2.05) is 0 Å². The molecule has 4 unspecified atom stereocenters. The smallest absolute Gasteiger partial charge is 0.290 e. The fourth-order valence-corrected chi connectivity index (χ4v) is 7.16. The topological polar surface area (TPSA) is 110 Å². The second-order valence-electron chi connectivity index (χ2n) is 10.2. The van der Waals surface area contributed by atoms with Crippen LogP contribution in [0.5, 0.6) is 0 Å². The lowest BCUT2D eigenvalue weighted by Crippen LogP contribution is -2.55. The summed E-state index contributed by atoms with van der Waals surface area (Å²) in [4.78, 5) is 30.1. The predicted molar refractivity (Wildman–Crippen MR) is 107 cm³/mol. The summed E-state index contributed by atoms with van der Waals surface area (Å²) in [5.41, 5.74) is 4.51. The quantitative estimate of drug-likeness (QED) is 0.610. The van der Waals surface area contributed by atoms with Crippen LogP contribution in [0.4, 0.5) is 13.2 Å². The number of aromatic nitrogens is 1. The number of rotatable bonds is 6. The third kappa shape index (κ3) is 3.08. The molecule has 32 heavy (non-hydrogen) atoms. The van der Waals surface area contributed by atoms with Crippen molar-refractivity contribution in [3.63, 3.8) is 0 Å². The lowest BCUT2D eigenvalue weighted by molar-refractivity contribution is -0.138. The van der Waals surface area contributed by atoms with Crippen LogP contribution in [0, 0.1) is 28.6 Å². The van der Waals surface area contributed by atoms with Crippen molar-refractivity contribution in [1.82, 2.24) is 15.6 Å². The van der Waals surface area contributed by atoms with Crippen LogP contribution < -0.4 is 16.4 Å². The summed E-state index contributed by atoms with van der Waals surface area (Å²) in [6.45, 7) is 1.55. The minimum Gasteiger partial charge on any atom is -0.448 e. The molecule has 0 aromatic carbocycles. The molecule has 1 aliphatic heterocycles. The van der Waals surface area contributed by atoms with Crippen molar-refractivity contribution in [2.24, 2.45) is 34.3 Å². The van der Waals surface area contributed by atoms with Gasteiger partial charge in [-0.15, -0.1) is 0 Å². The summed E-state index contributed by atoms with van der Waals surface area (Å²) in [5.74, 6) is -5.34.